The van der Waals surface area contributed by atoms with E-state index in [1.165, 1.54) is 23.9 Å². The van der Waals surface area contributed by atoms with Gasteiger partial charge in [0.05, 0.1) is 5.56 Å². The molecule has 0 bridgehead atoms. The first-order valence-corrected chi connectivity index (χ1v) is 6.15. The highest BCUT2D eigenvalue weighted by molar-refractivity contribution is 7.99. The predicted molar refractivity (Wildman–Crippen MR) is 68.7 cm³/mol. The van der Waals surface area contributed by atoms with Crippen LogP contribution in [-0.2, 0) is 0 Å². The maximum absolute atomic E-state index is 13.1. The zero-order chi connectivity index (χ0) is 13.1. The van der Waals surface area contributed by atoms with Gasteiger partial charge in [-0.05, 0) is 42.8 Å². The van der Waals surface area contributed by atoms with Crippen LogP contribution in [0.4, 0.5) is 4.39 Å². The Labute approximate surface area is 108 Å². The summed E-state index contributed by atoms with van der Waals surface area (Å²) in [6.07, 6.45) is 0. The number of halogens is 1. The highest BCUT2D eigenvalue weighted by Gasteiger charge is 2.11. The lowest BCUT2D eigenvalue weighted by molar-refractivity contribution is 0.0693. The fraction of sp³-hybridized carbons (Fsp3) is 0.0714. The highest BCUT2D eigenvalue weighted by Crippen LogP contribution is 2.31. The van der Waals surface area contributed by atoms with E-state index in [9.17, 15) is 9.18 Å². The van der Waals surface area contributed by atoms with Crippen LogP contribution in [0.15, 0.2) is 52.3 Å². The number of aryl methyl sites for hydroxylation is 1. The second-order valence-electron chi connectivity index (χ2n) is 3.86. The minimum absolute atomic E-state index is 0.231. The molecule has 92 valence electrons. The quantitative estimate of drug-likeness (QED) is 0.909. The molecule has 2 aromatic carbocycles. The first-order chi connectivity index (χ1) is 8.56. The van der Waals surface area contributed by atoms with Gasteiger partial charge in [0.25, 0.3) is 0 Å². The molecule has 4 heteroatoms. The molecule has 1 N–H and O–H groups in total. The lowest BCUT2D eigenvalue weighted by Crippen LogP contribution is -1.98. The molecule has 0 atom stereocenters. The number of hydrogen-bond acceptors (Lipinski definition) is 2. The Balaban J connectivity index is 2.39. The largest absolute Gasteiger partial charge is 0.478 e. The van der Waals surface area contributed by atoms with E-state index in [1.807, 2.05) is 6.92 Å². The summed E-state index contributed by atoms with van der Waals surface area (Å²) in [6.45, 7) is 1.89. The summed E-state index contributed by atoms with van der Waals surface area (Å²) in [4.78, 5) is 12.4. The van der Waals surface area contributed by atoms with Gasteiger partial charge in [0, 0.05) is 9.79 Å². The van der Waals surface area contributed by atoms with Gasteiger partial charge in [0.2, 0.25) is 0 Å². The molecule has 0 fully saturated rings. The fourth-order valence-corrected chi connectivity index (χ4v) is 2.63. The van der Waals surface area contributed by atoms with Crippen LogP contribution >= 0.6 is 11.8 Å². The Hall–Kier alpha value is -1.81. The van der Waals surface area contributed by atoms with Crippen molar-refractivity contribution in [3.63, 3.8) is 0 Å². The van der Waals surface area contributed by atoms with Crippen molar-refractivity contribution >= 4 is 17.7 Å². The van der Waals surface area contributed by atoms with Crippen molar-refractivity contribution in [2.75, 3.05) is 0 Å². The first-order valence-electron chi connectivity index (χ1n) is 5.33. The van der Waals surface area contributed by atoms with E-state index >= 15 is 0 Å². The summed E-state index contributed by atoms with van der Waals surface area (Å²) in [5.74, 6) is -1.31. The summed E-state index contributed by atoms with van der Waals surface area (Å²) in [7, 11) is 0. The minimum Gasteiger partial charge on any atom is -0.478 e. The van der Waals surface area contributed by atoms with E-state index < -0.39 is 5.97 Å². The van der Waals surface area contributed by atoms with Gasteiger partial charge in [-0.2, -0.15) is 0 Å². The van der Waals surface area contributed by atoms with Gasteiger partial charge in [0.15, 0.2) is 0 Å². The molecule has 2 rings (SSSR count). The molecule has 0 unspecified atom stereocenters. The smallest absolute Gasteiger partial charge is 0.336 e. The molecular formula is C14H11FO2S. The Bertz CT molecular complexity index is 596. The zero-order valence-corrected chi connectivity index (χ0v) is 10.5. The summed E-state index contributed by atoms with van der Waals surface area (Å²) in [5, 5.41) is 9.10. The van der Waals surface area contributed by atoms with Gasteiger partial charge < -0.3 is 5.11 Å². The topological polar surface area (TPSA) is 37.3 Å². The molecule has 2 aromatic rings. The molecule has 0 saturated heterocycles. The number of carboxylic acid groups (broad SMARTS) is 1. The second kappa shape index (κ2) is 5.23. The molecule has 0 amide bonds. The summed E-state index contributed by atoms with van der Waals surface area (Å²) in [6, 6.07) is 11.2. The molecule has 0 spiro atoms. The third kappa shape index (κ3) is 2.90. The van der Waals surface area contributed by atoms with Gasteiger partial charge in [-0.1, -0.05) is 23.9 Å². The SMILES string of the molecule is Cc1ccc(C(=O)O)c(Sc2cccc(F)c2)c1. The Morgan fingerprint density at radius 2 is 2.00 bits per heavy atom. The van der Waals surface area contributed by atoms with Gasteiger partial charge in [0.1, 0.15) is 5.82 Å². The van der Waals surface area contributed by atoms with Gasteiger partial charge in [-0.25, -0.2) is 9.18 Å². The first kappa shape index (κ1) is 12.6. The molecule has 0 aliphatic rings. The van der Waals surface area contributed by atoms with Crippen LogP contribution < -0.4 is 0 Å². The second-order valence-corrected chi connectivity index (χ2v) is 4.98. The molecule has 0 aliphatic carbocycles. The minimum atomic E-state index is -0.978. The molecule has 2 nitrogen and oxygen atoms in total. The fourth-order valence-electron chi connectivity index (χ4n) is 1.55. The molecule has 0 heterocycles. The Kier molecular flexibility index (Phi) is 3.67. The molecule has 0 aliphatic heterocycles. The van der Waals surface area contributed by atoms with Gasteiger partial charge in [-0.15, -0.1) is 0 Å². The number of benzene rings is 2. The van der Waals surface area contributed by atoms with E-state index in [2.05, 4.69) is 0 Å². The maximum atomic E-state index is 13.1. The van der Waals surface area contributed by atoms with Crippen LogP contribution in [0.25, 0.3) is 0 Å². The van der Waals surface area contributed by atoms with Crippen molar-refractivity contribution in [2.24, 2.45) is 0 Å². The van der Waals surface area contributed by atoms with E-state index in [-0.39, 0.29) is 11.4 Å². The average molecular weight is 262 g/mol. The van der Waals surface area contributed by atoms with Gasteiger partial charge in [-0.3, -0.25) is 0 Å². The average Bonchev–Trinajstić information content (AvgIpc) is 2.28. The standard InChI is InChI=1S/C14H11FO2S/c1-9-5-6-12(14(16)17)13(7-9)18-11-4-2-3-10(15)8-11/h2-8H,1H3,(H,16,17). The van der Waals surface area contributed by atoms with Crippen LogP contribution in [0.2, 0.25) is 0 Å². The number of aromatic carboxylic acids is 1. The summed E-state index contributed by atoms with van der Waals surface area (Å²) < 4.78 is 13.1. The van der Waals surface area contributed by atoms with E-state index in [0.717, 1.165) is 5.56 Å². The van der Waals surface area contributed by atoms with E-state index in [4.69, 9.17) is 5.11 Å². The Morgan fingerprint density at radius 1 is 1.22 bits per heavy atom. The van der Waals surface area contributed by atoms with Crippen LogP contribution in [0.5, 0.6) is 0 Å². The van der Waals surface area contributed by atoms with Crippen molar-refractivity contribution < 1.29 is 14.3 Å². The number of rotatable bonds is 3. The normalized spacial score (nSPS) is 10.3. The Morgan fingerprint density at radius 3 is 2.67 bits per heavy atom. The van der Waals surface area contributed by atoms with Crippen LogP contribution in [-0.4, -0.2) is 11.1 Å². The zero-order valence-electron chi connectivity index (χ0n) is 9.68. The molecule has 0 saturated carbocycles. The van der Waals surface area contributed by atoms with Crippen molar-refractivity contribution in [1.82, 2.24) is 0 Å². The third-order valence-electron chi connectivity index (χ3n) is 2.39. The van der Waals surface area contributed by atoms with Crippen molar-refractivity contribution in [1.29, 1.82) is 0 Å². The number of hydrogen-bond donors (Lipinski definition) is 1. The van der Waals surface area contributed by atoms with E-state index in [1.54, 1.807) is 30.3 Å². The summed E-state index contributed by atoms with van der Waals surface area (Å²) >= 11 is 1.25. The maximum Gasteiger partial charge on any atom is 0.336 e. The molecule has 0 radical (unpaired) electrons. The lowest BCUT2D eigenvalue weighted by Gasteiger charge is -2.07. The van der Waals surface area contributed by atoms with Crippen molar-refractivity contribution in [3.05, 3.63) is 59.4 Å². The third-order valence-corrected chi connectivity index (χ3v) is 3.44. The number of carboxylic acids is 1. The predicted octanol–water partition coefficient (Wildman–Crippen LogP) is 3.98. The van der Waals surface area contributed by atoms with Crippen LogP contribution in [0.1, 0.15) is 15.9 Å². The number of carbonyl (C=O) groups is 1. The van der Waals surface area contributed by atoms with Crippen molar-refractivity contribution in [2.45, 2.75) is 16.7 Å². The molecule has 0 aromatic heterocycles. The summed E-state index contributed by atoms with van der Waals surface area (Å²) in [5.41, 5.74) is 1.20. The van der Waals surface area contributed by atoms with Gasteiger partial charge >= 0.3 is 5.97 Å². The van der Waals surface area contributed by atoms with Crippen molar-refractivity contribution in [3.8, 4) is 0 Å². The monoisotopic (exact) mass is 262 g/mol. The van der Waals surface area contributed by atoms with Crippen LogP contribution in [0, 0.1) is 12.7 Å². The van der Waals surface area contributed by atoms with E-state index in [0.29, 0.717) is 9.79 Å². The molecule has 18 heavy (non-hydrogen) atoms. The van der Waals surface area contributed by atoms with Crippen LogP contribution in [0.3, 0.4) is 0 Å². The highest BCUT2D eigenvalue weighted by atomic mass is 32.2. The molecular weight excluding hydrogens is 251 g/mol. The lowest BCUT2D eigenvalue weighted by atomic mass is 10.1.